The van der Waals surface area contributed by atoms with Crippen molar-refractivity contribution in [2.75, 3.05) is 18.5 Å². The molecule has 1 aliphatic rings. The van der Waals surface area contributed by atoms with E-state index in [4.69, 9.17) is 4.74 Å². The molecule has 1 aliphatic carbocycles. The highest BCUT2D eigenvalue weighted by molar-refractivity contribution is 5.91. The summed E-state index contributed by atoms with van der Waals surface area (Å²) in [7, 11) is 0. The molecule has 2 rings (SSSR count). The Balaban J connectivity index is 1.72. The average molecular weight is 305 g/mol. The lowest BCUT2D eigenvalue weighted by atomic mass is 9.97. The highest BCUT2D eigenvalue weighted by Crippen LogP contribution is 2.16. The first-order valence-electron chi connectivity index (χ1n) is 8.64. The van der Waals surface area contributed by atoms with Crippen LogP contribution in [0.25, 0.3) is 0 Å². The Bertz CT molecular complexity index is 437. The summed E-state index contributed by atoms with van der Waals surface area (Å²) in [6, 6.07) is 8.17. The summed E-state index contributed by atoms with van der Waals surface area (Å²) in [6.07, 6.45) is 9.19. The Morgan fingerprint density at radius 2 is 1.77 bits per heavy atom. The van der Waals surface area contributed by atoms with Crippen LogP contribution in [0.2, 0.25) is 0 Å². The molecule has 1 saturated carbocycles. The Labute approximate surface area is 133 Å². The van der Waals surface area contributed by atoms with Gasteiger partial charge in [0.2, 0.25) is 0 Å². The number of hydrogen-bond donors (Lipinski definition) is 2. The quantitative estimate of drug-likeness (QED) is 0.849. The lowest BCUT2D eigenvalue weighted by Gasteiger charge is -2.18. The topological polar surface area (TPSA) is 54.9 Å². The van der Waals surface area contributed by atoms with Gasteiger partial charge in [0.15, 0.2) is 6.54 Å². The van der Waals surface area contributed by atoms with Crippen molar-refractivity contribution in [3.63, 3.8) is 0 Å². The monoisotopic (exact) mass is 305 g/mol. The zero-order valence-electron chi connectivity index (χ0n) is 13.6. The van der Waals surface area contributed by atoms with E-state index in [1.165, 1.54) is 44.9 Å². The van der Waals surface area contributed by atoms with E-state index in [1.54, 1.807) is 0 Å². The number of ether oxygens (including phenoxy) is 1. The minimum Gasteiger partial charge on any atom is -0.494 e. The van der Waals surface area contributed by atoms with Gasteiger partial charge in [-0.3, -0.25) is 4.79 Å². The Morgan fingerprint density at radius 1 is 1.14 bits per heavy atom. The Kier molecular flexibility index (Phi) is 7.23. The molecule has 22 heavy (non-hydrogen) atoms. The van der Waals surface area contributed by atoms with Crippen LogP contribution >= 0.6 is 0 Å². The first-order valence-corrected chi connectivity index (χ1v) is 8.64. The minimum atomic E-state index is 0.0752. The molecule has 1 fully saturated rings. The summed E-state index contributed by atoms with van der Waals surface area (Å²) in [4.78, 5) is 12.0. The highest BCUT2D eigenvalue weighted by atomic mass is 16.5. The second kappa shape index (κ2) is 9.46. The van der Waals surface area contributed by atoms with Crippen LogP contribution in [-0.4, -0.2) is 25.1 Å². The summed E-state index contributed by atoms with van der Waals surface area (Å²) in [6.45, 7) is 3.13. The summed E-state index contributed by atoms with van der Waals surface area (Å²) in [5, 5.41) is 5.17. The molecule has 0 bridgehead atoms. The van der Waals surface area contributed by atoms with Gasteiger partial charge in [0.05, 0.1) is 12.6 Å². The largest absolute Gasteiger partial charge is 0.494 e. The van der Waals surface area contributed by atoms with Gasteiger partial charge in [0.25, 0.3) is 5.91 Å². The molecule has 4 heteroatoms. The number of amides is 1. The van der Waals surface area contributed by atoms with E-state index in [0.717, 1.165) is 11.4 Å². The second-order valence-electron chi connectivity index (χ2n) is 6.05. The van der Waals surface area contributed by atoms with E-state index in [1.807, 2.05) is 31.2 Å². The van der Waals surface area contributed by atoms with Crippen molar-refractivity contribution in [1.29, 1.82) is 0 Å². The molecule has 1 aromatic rings. The number of nitrogens with one attached hydrogen (secondary N) is 1. The zero-order chi connectivity index (χ0) is 15.6. The van der Waals surface area contributed by atoms with Gasteiger partial charge in [0, 0.05) is 5.69 Å². The van der Waals surface area contributed by atoms with Crippen molar-refractivity contribution in [2.45, 2.75) is 57.9 Å². The van der Waals surface area contributed by atoms with E-state index >= 15 is 0 Å². The normalized spacial score (nSPS) is 16.6. The third kappa shape index (κ3) is 6.06. The number of rotatable bonds is 6. The fourth-order valence-corrected chi connectivity index (χ4v) is 3.01. The maximum Gasteiger partial charge on any atom is 0.279 e. The lowest BCUT2D eigenvalue weighted by Crippen LogP contribution is -2.91. The number of hydrogen-bond acceptors (Lipinski definition) is 2. The SMILES string of the molecule is CCOc1ccc(NC(=O)C[NH2+]C2CCCCCCC2)cc1. The standard InChI is InChI=1S/C18H28N2O2/c1-2-22-17-12-10-16(11-13-17)20-18(21)14-19-15-8-6-4-3-5-7-9-15/h10-13,15,19H,2-9,14H2,1H3,(H,20,21)/p+1. The molecule has 1 amide bonds. The van der Waals surface area contributed by atoms with Crippen LogP contribution in [0.5, 0.6) is 5.75 Å². The average Bonchev–Trinajstić information content (AvgIpc) is 2.48. The second-order valence-corrected chi connectivity index (χ2v) is 6.05. The predicted molar refractivity (Wildman–Crippen MR) is 89.1 cm³/mol. The molecular formula is C18H29N2O2+. The van der Waals surface area contributed by atoms with Crippen LogP contribution in [0.1, 0.15) is 51.9 Å². The van der Waals surface area contributed by atoms with Gasteiger partial charge in [0.1, 0.15) is 5.75 Å². The van der Waals surface area contributed by atoms with Crippen molar-refractivity contribution in [1.82, 2.24) is 0 Å². The molecule has 4 nitrogen and oxygen atoms in total. The number of carbonyl (C=O) groups is 1. The van der Waals surface area contributed by atoms with Crippen LogP contribution < -0.4 is 15.4 Å². The van der Waals surface area contributed by atoms with E-state index in [2.05, 4.69) is 10.6 Å². The molecular weight excluding hydrogens is 276 g/mol. The smallest absolute Gasteiger partial charge is 0.279 e. The molecule has 0 heterocycles. The van der Waals surface area contributed by atoms with Gasteiger partial charge in [-0.25, -0.2) is 0 Å². The highest BCUT2D eigenvalue weighted by Gasteiger charge is 2.15. The first-order chi connectivity index (χ1) is 10.8. The van der Waals surface area contributed by atoms with Gasteiger partial charge in [-0.05, 0) is 56.9 Å². The fourth-order valence-electron chi connectivity index (χ4n) is 3.01. The Morgan fingerprint density at radius 3 is 2.41 bits per heavy atom. The number of carbonyl (C=O) groups excluding carboxylic acids is 1. The van der Waals surface area contributed by atoms with Crippen LogP contribution in [-0.2, 0) is 4.79 Å². The van der Waals surface area contributed by atoms with Crippen LogP contribution in [0, 0.1) is 0 Å². The van der Waals surface area contributed by atoms with Gasteiger partial charge in [-0.1, -0.05) is 19.3 Å². The molecule has 0 saturated heterocycles. The molecule has 0 spiro atoms. The van der Waals surface area contributed by atoms with Gasteiger partial charge in [-0.15, -0.1) is 0 Å². The minimum absolute atomic E-state index is 0.0752. The van der Waals surface area contributed by atoms with Crippen molar-refractivity contribution < 1.29 is 14.8 Å². The summed E-state index contributed by atoms with van der Waals surface area (Å²) >= 11 is 0. The van der Waals surface area contributed by atoms with Crippen molar-refractivity contribution in [2.24, 2.45) is 0 Å². The molecule has 0 unspecified atom stereocenters. The molecule has 0 aliphatic heterocycles. The molecule has 0 aromatic heterocycles. The van der Waals surface area contributed by atoms with E-state index in [-0.39, 0.29) is 5.91 Å². The summed E-state index contributed by atoms with van der Waals surface area (Å²) in [5.74, 6) is 0.910. The third-order valence-corrected chi connectivity index (χ3v) is 4.24. The van der Waals surface area contributed by atoms with Crippen molar-refractivity contribution in [3.8, 4) is 5.75 Å². The van der Waals surface area contributed by atoms with Crippen molar-refractivity contribution in [3.05, 3.63) is 24.3 Å². The van der Waals surface area contributed by atoms with Crippen LogP contribution in [0.3, 0.4) is 0 Å². The molecule has 122 valence electrons. The van der Waals surface area contributed by atoms with E-state index < -0.39 is 0 Å². The third-order valence-electron chi connectivity index (χ3n) is 4.24. The van der Waals surface area contributed by atoms with Crippen molar-refractivity contribution >= 4 is 11.6 Å². The predicted octanol–water partition coefficient (Wildman–Crippen LogP) is 2.70. The number of benzene rings is 1. The summed E-state index contributed by atoms with van der Waals surface area (Å²) < 4.78 is 5.40. The van der Waals surface area contributed by atoms with Gasteiger partial charge < -0.3 is 15.4 Å². The number of nitrogens with two attached hydrogens (primary N) is 1. The maximum atomic E-state index is 12.0. The number of quaternary nitrogens is 1. The number of anilines is 1. The van der Waals surface area contributed by atoms with E-state index in [9.17, 15) is 4.79 Å². The maximum absolute atomic E-state index is 12.0. The molecule has 3 N–H and O–H groups in total. The summed E-state index contributed by atoms with van der Waals surface area (Å²) in [5.41, 5.74) is 0.833. The van der Waals surface area contributed by atoms with Crippen LogP contribution in [0.4, 0.5) is 5.69 Å². The van der Waals surface area contributed by atoms with Crippen LogP contribution in [0.15, 0.2) is 24.3 Å². The zero-order valence-corrected chi connectivity index (χ0v) is 13.6. The first kappa shape index (κ1) is 16.8. The molecule has 0 radical (unpaired) electrons. The van der Waals surface area contributed by atoms with Gasteiger partial charge >= 0.3 is 0 Å². The van der Waals surface area contributed by atoms with E-state index in [0.29, 0.717) is 19.2 Å². The molecule has 0 atom stereocenters. The lowest BCUT2D eigenvalue weighted by molar-refractivity contribution is -0.680. The Hall–Kier alpha value is -1.55. The molecule has 1 aromatic carbocycles. The van der Waals surface area contributed by atoms with Gasteiger partial charge in [-0.2, -0.15) is 0 Å². The fraction of sp³-hybridized carbons (Fsp3) is 0.611.